The van der Waals surface area contributed by atoms with E-state index in [-0.39, 0.29) is 31.3 Å². The molecule has 142 valence electrons. The zero-order valence-electron chi connectivity index (χ0n) is 14.6. The van der Waals surface area contributed by atoms with E-state index in [4.69, 9.17) is 21.1 Å². The minimum atomic E-state index is -1.16. The first-order valence-corrected chi connectivity index (χ1v) is 8.87. The van der Waals surface area contributed by atoms with E-state index in [9.17, 15) is 14.4 Å². The van der Waals surface area contributed by atoms with Gasteiger partial charge in [-0.15, -0.1) is 11.6 Å². The number of nitrogens with one attached hydrogen (secondary N) is 1. The van der Waals surface area contributed by atoms with Crippen molar-refractivity contribution in [1.29, 1.82) is 0 Å². The maximum absolute atomic E-state index is 12.3. The summed E-state index contributed by atoms with van der Waals surface area (Å²) in [6, 6.07) is 17.0. The summed E-state index contributed by atoms with van der Waals surface area (Å²) in [7, 11) is 0. The fraction of sp³-hybridized carbons (Fsp3) is 0.250. The van der Waals surface area contributed by atoms with Crippen LogP contribution < -0.4 is 5.32 Å². The van der Waals surface area contributed by atoms with Gasteiger partial charge in [0, 0.05) is 6.42 Å². The molecule has 0 heterocycles. The molecule has 2 aromatic rings. The highest BCUT2D eigenvalue weighted by Crippen LogP contribution is 2.06. The summed E-state index contributed by atoms with van der Waals surface area (Å²) in [4.78, 5) is 35.9. The lowest BCUT2D eigenvalue weighted by atomic mass is 10.1. The molecular weight excluding hydrogens is 370 g/mol. The molecule has 2 aromatic carbocycles. The number of amides is 1. The molecule has 0 fully saturated rings. The zero-order chi connectivity index (χ0) is 19.5. The lowest BCUT2D eigenvalue weighted by molar-refractivity contribution is -0.148. The van der Waals surface area contributed by atoms with Gasteiger partial charge >= 0.3 is 12.1 Å². The van der Waals surface area contributed by atoms with Crippen molar-refractivity contribution in [2.24, 2.45) is 0 Å². The van der Waals surface area contributed by atoms with Crippen LogP contribution in [-0.2, 0) is 32.3 Å². The number of ketones is 1. The van der Waals surface area contributed by atoms with Crippen molar-refractivity contribution in [3.63, 3.8) is 0 Å². The second kappa shape index (κ2) is 11.0. The molecule has 0 saturated carbocycles. The molecule has 1 atom stereocenters. The second-order valence-corrected chi connectivity index (χ2v) is 6.00. The summed E-state index contributed by atoms with van der Waals surface area (Å²) in [6.07, 6.45) is -1.08. The number of hydrogen-bond donors (Lipinski definition) is 1. The van der Waals surface area contributed by atoms with Crippen LogP contribution in [-0.4, -0.2) is 29.8 Å². The van der Waals surface area contributed by atoms with E-state index in [1.165, 1.54) is 0 Å². The number of rotatable bonds is 9. The first kappa shape index (κ1) is 20.5. The van der Waals surface area contributed by atoms with Crippen LogP contribution in [0.25, 0.3) is 0 Å². The summed E-state index contributed by atoms with van der Waals surface area (Å²) in [5, 5.41) is 2.37. The quantitative estimate of drug-likeness (QED) is 0.526. The molecule has 0 aliphatic carbocycles. The summed E-state index contributed by atoms with van der Waals surface area (Å²) in [5.74, 6) is -1.38. The van der Waals surface area contributed by atoms with E-state index in [2.05, 4.69) is 5.32 Å². The fourth-order valence-electron chi connectivity index (χ4n) is 2.21. The Morgan fingerprint density at radius 3 is 1.89 bits per heavy atom. The molecule has 0 aromatic heterocycles. The number of alkyl halides is 1. The number of hydrogen-bond acceptors (Lipinski definition) is 5. The molecule has 6 nitrogen and oxygen atoms in total. The molecule has 27 heavy (non-hydrogen) atoms. The highest BCUT2D eigenvalue weighted by molar-refractivity contribution is 6.27. The molecule has 0 bridgehead atoms. The Morgan fingerprint density at radius 1 is 0.852 bits per heavy atom. The van der Waals surface area contributed by atoms with Gasteiger partial charge in [-0.05, 0) is 11.1 Å². The van der Waals surface area contributed by atoms with E-state index in [1.54, 1.807) is 24.3 Å². The number of Topliss-reactive ketones (excluding diaryl/α,β-unsaturated/α-hetero) is 1. The van der Waals surface area contributed by atoms with Crippen molar-refractivity contribution in [2.75, 3.05) is 5.88 Å². The maximum atomic E-state index is 12.3. The fourth-order valence-corrected chi connectivity index (χ4v) is 2.32. The van der Waals surface area contributed by atoms with Gasteiger partial charge < -0.3 is 14.8 Å². The van der Waals surface area contributed by atoms with Gasteiger partial charge in [-0.2, -0.15) is 0 Å². The van der Waals surface area contributed by atoms with Gasteiger partial charge in [0.2, 0.25) is 0 Å². The number of benzene rings is 2. The number of ether oxygens (including phenoxy) is 2. The zero-order valence-corrected chi connectivity index (χ0v) is 15.4. The summed E-state index contributed by atoms with van der Waals surface area (Å²) < 4.78 is 10.3. The monoisotopic (exact) mass is 389 g/mol. The number of carbonyl (C=O) groups is 3. The van der Waals surface area contributed by atoms with Crippen molar-refractivity contribution in [3.8, 4) is 0 Å². The molecule has 1 N–H and O–H groups in total. The number of carbonyl (C=O) groups excluding carboxylic acids is 3. The molecule has 0 saturated heterocycles. The molecule has 1 amide bonds. The van der Waals surface area contributed by atoms with Crippen LogP contribution in [0.5, 0.6) is 0 Å². The van der Waals surface area contributed by atoms with E-state index in [1.807, 2.05) is 36.4 Å². The lowest BCUT2D eigenvalue weighted by Gasteiger charge is -2.17. The molecular formula is C20H20ClNO5. The second-order valence-electron chi connectivity index (χ2n) is 5.73. The van der Waals surface area contributed by atoms with Gasteiger partial charge in [0.25, 0.3) is 0 Å². The molecule has 7 heteroatoms. The Bertz CT molecular complexity index is 751. The van der Waals surface area contributed by atoms with Crippen molar-refractivity contribution in [3.05, 3.63) is 71.8 Å². The number of esters is 1. The molecule has 0 spiro atoms. The minimum absolute atomic E-state index is 0.0337. The number of alkyl carbamates (subject to hydrolysis) is 1. The van der Waals surface area contributed by atoms with Crippen molar-refractivity contribution in [2.45, 2.75) is 25.7 Å². The summed E-state index contributed by atoms with van der Waals surface area (Å²) in [6.45, 7) is 0.0773. The van der Waals surface area contributed by atoms with Gasteiger partial charge in [-0.1, -0.05) is 60.7 Å². The van der Waals surface area contributed by atoms with Gasteiger partial charge in [-0.25, -0.2) is 9.59 Å². The maximum Gasteiger partial charge on any atom is 0.408 e. The third-order valence-electron chi connectivity index (χ3n) is 3.59. The Morgan fingerprint density at radius 2 is 1.37 bits per heavy atom. The standard InChI is InChI=1S/C20H20ClNO5/c21-12-17(23)11-18(19(24)26-13-15-7-3-1-4-8-15)22-20(25)27-14-16-9-5-2-6-10-16/h1-10,18H,11-14H2,(H,22,25)/t18-/m0/s1. The third kappa shape index (κ3) is 7.50. The third-order valence-corrected chi connectivity index (χ3v) is 3.89. The summed E-state index contributed by atoms with van der Waals surface area (Å²) in [5.41, 5.74) is 1.59. The van der Waals surface area contributed by atoms with Crippen LogP contribution in [0.4, 0.5) is 4.79 Å². The average Bonchev–Trinajstić information content (AvgIpc) is 2.71. The molecule has 0 radical (unpaired) electrons. The van der Waals surface area contributed by atoms with Crippen molar-refractivity contribution in [1.82, 2.24) is 5.32 Å². The Labute approximate surface area is 162 Å². The molecule has 0 aliphatic rings. The lowest BCUT2D eigenvalue weighted by Crippen LogP contribution is -2.43. The molecule has 0 unspecified atom stereocenters. The van der Waals surface area contributed by atoms with Crippen LogP contribution >= 0.6 is 11.6 Å². The van der Waals surface area contributed by atoms with Gasteiger partial charge in [0.15, 0.2) is 0 Å². The smallest absolute Gasteiger partial charge is 0.408 e. The number of halogens is 1. The minimum Gasteiger partial charge on any atom is -0.459 e. The topological polar surface area (TPSA) is 81.7 Å². The van der Waals surface area contributed by atoms with Crippen LogP contribution in [0.15, 0.2) is 60.7 Å². The predicted molar refractivity (Wildman–Crippen MR) is 100 cm³/mol. The normalized spacial score (nSPS) is 11.3. The Hall–Kier alpha value is -2.86. The van der Waals surface area contributed by atoms with E-state index < -0.39 is 18.1 Å². The Kier molecular flexibility index (Phi) is 8.32. The van der Waals surface area contributed by atoms with Crippen LogP contribution in [0.2, 0.25) is 0 Å². The SMILES string of the molecule is O=C(CCl)C[C@H](NC(=O)OCc1ccccc1)C(=O)OCc1ccccc1. The van der Waals surface area contributed by atoms with Crippen molar-refractivity contribution < 1.29 is 23.9 Å². The predicted octanol–water partition coefficient (Wildman–Crippen LogP) is 3.22. The van der Waals surface area contributed by atoms with E-state index in [0.29, 0.717) is 0 Å². The first-order chi connectivity index (χ1) is 13.1. The van der Waals surface area contributed by atoms with E-state index in [0.717, 1.165) is 11.1 Å². The average molecular weight is 390 g/mol. The van der Waals surface area contributed by atoms with Crippen molar-refractivity contribution >= 4 is 29.4 Å². The van der Waals surface area contributed by atoms with E-state index >= 15 is 0 Å². The highest BCUT2D eigenvalue weighted by Gasteiger charge is 2.25. The highest BCUT2D eigenvalue weighted by atomic mass is 35.5. The van der Waals surface area contributed by atoms with Gasteiger partial charge in [-0.3, -0.25) is 4.79 Å². The van der Waals surface area contributed by atoms with Crippen LogP contribution in [0.1, 0.15) is 17.5 Å². The largest absolute Gasteiger partial charge is 0.459 e. The van der Waals surface area contributed by atoms with Gasteiger partial charge in [0.1, 0.15) is 25.0 Å². The molecule has 0 aliphatic heterocycles. The first-order valence-electron chi connectivity index (χ1n) is 8.34. The van der Waals surface area contributed by atoms with Crippen LogP contribution in [0, 0.1) is 0 Å². The summed E-state index contributed by atoms with van der Waals surface area (Å²) >= 11 is 5.51. The van der Waals surface area contributed by atoms with Crippen LogP contribution in [0.3, 0.4) is 0 Å². The molecule has 2 rings (SSSR count). The Balaban J connectivity index is 1.90. The van der Waals surface area contributed by atoms with Gasteiger partial charge in [0.05, 0.1) is 5.88 Å².